The van der Waals surface area contributed by atoms with Crippen LogP contribution in [0.1, 0.15) is 18.1 Å². The van der Waals surface area contributed by atoms with Gasteiger partial charge in [-0.2, -0.15) is 0 Å². The number of nitrogens with zero attached hydrogens (tertiary/aromatic N) is 1. The van der Waals surface area contributed by atoms with Crippen LogP contribution in [0.25, 0.3) is 0 Å². The molecule has 0 bridgehead atoms. The Morgan fingerprint density at radius 2 is 1.75 bits per heavy atom. The summed E-state index contributed by atoms with van der Waals surface area (Å²) in [5.41, 5.74) is 1.76. The fraction of sp³-hybridized carbons (Fsp3) is 0.235. The Morgan fingerprint density at radius 1 is 1.10 bits per heavy atom. The molecule has 2 aromatic rings. The summed E-state index contributed by atoms with van der Waals surface area (Å²) in [6, 6.07) is 14.7. The summed E-state index contributed by atoms with van der Waals surface area (Å²) < 4.78 is 13.4. The van der Waals surface area contributed by atoms with Gasteiger partial charge in [0.25, 0.3) is 0 Å². The monoisotopic (exact) mass is 289 g/mol. The third-order valence-corrected chi connectivity index (χ3v) is 3.47. The molecule has 0 aromatic heterocycles. The van der Waals surface area contributed by atoms with Crippen LogP contribution in [0.5, 0.6) is 0 Å². The number of benzene rings is 2. The lowest BCUT2D eigenvalue weighted by atomic mass is 10.1. The zero-order valence-corrected chi connectivity index (χ0v) is 12.1. The van der Waals surface area contributed by atoms with Gasteiger partial charge in [-0.05, 0) is 36.6 Å². The van der Waals surface area contributed by atoms with Crippen molar-refractivity contribution in [1.29, 1.82) is 0 Å². The Hall–Kier alpha value is -1.67. The summed E-state index contributed by atoms with van der Waals surface area (Å²) >= 11 is 6.12. The molecule has 0 aliphatic heterocycles. The van der Waals surface area contributed by atoms with Crippen LogP contribution >= 0.6 is 11.6 Å². The van der Waals surface area contributed by atoms with Gasteiger partial charge in [0.15, 0.2) is 0 Å². The summed E-state index contributed by atoms with van der Waals surface area (Å²) in [7, 11) is 0. The molecule has 2 rings (SSSR count). The number of rotatable bonds is 5. The van der Waals surface area contributed by atoms with E-state index in [4.69, 9.17) is 11.6 Å². The van der Waals surface area contributed by atoms with Gasteiger partial charge in [-0.3, -0.25) is 4.99 Å². The topological polar surface area (TPSA) is 12.4 Å². The summed E-state index contributed by atoms with van der Waals surface area (Å²) in [5, 5.41) is 0.767. The van der Waals surface area contributed by atoms with Gasteiger partial charge in [0.2, 0.25) is 0 Å². The van der Waals surface area contributed by atoms with Gasteiger partial charge in [0.1, 0.15) is 5.82 Å². The van der Waals surface area contributed by atoms with Crippen LogP contribution in [-0.4, -0.2) is 12.3 Å². The van der Waals surface area contributed by atoms with Crippen molar-refractivity contribution in [3.8, 4) is 0 Å². The standard InChI is InChI=1S/C17H17ClFN/c1-13(12-15-7-2-4-8-16(15)18)20-11-10-14-6-3-5-9-17(14)19/h2-9,11,13H,10,12H2,1H3/t13-/m1/s1. The minimum atomic E-state index is -0.183. The molecule has 0 N–H and O–H groups in total. The van der Waals surface area contributed by atoms with E-state index in [0.717, 1.165) is 17.0 Å². The highest BCUT2D eigenvalue weighted by Crippen LogP contribution is 2.17. The smallest absolute Gasteiger partial charge is 0.126 e. The lowest BCUT2D eigenvalue weighted by molar-refractivity contribution is 0.616. The van der Waals surface area contributed by atoms with Crippen molar-refractivity contribution in [2.24, 2.45) is 4.99 Å². The normalized spacial score (nSPS) is 12.8. The van der Waals surface area contributed by atoms with Crippen LogP contribution in [0.4, 0.5) is 4.39 Å². The summed E-state index contributed by atoms with van der Waals surface area (Å²) in [5.74, 6) is -0.183. The van der Waals surface area contributed by atoms with Gasteiger partial charge in [0, 0.05) is 17.7 Å². The first-order valence-corrected chi connectivity index (χ1v) is 7.03. The molecule has 1 atom stereocenters. The minimum Gasteiger partial charge on any atom is -0.294 e. The van der Waals surface area contributed by atoms with Gasteiger partial charge in [0.05, 0.1) is 6.04 Å². The Balaban J connectivity index is 1.92. The van der Waals surface area contributed by atoms with Crippen LogP contribution in [-0.2, 0) is 12.8 Å². The van der Waals surface area contributed by atoms with E-state index in [0.29, 0.717) is 12.0 Å². The maximum absolute atomic E-state index is 13.4. The van der Waals surface area contributed by atoms with E-state index in [9.17, 15) is 4.39 Å². The van der Waals surface area contributed by atoms with Crippen LogP contribution in [0.15, 0.2) is 53.5 Å². The molecule has 3 heteroatoms. The van der Waals surface area contributed by atoms with E-state index in [-0.39, 0.29) is 11.9 Å². The van der Waals surface area contributed by atoms with Crippen molar-refractivity contribution < 1.29 is 4.39 Å². The molecule has 0 heterocycles. The molecule has 0 unspecified atom stereocenters. The highest BCUT2D eigenvalue weighted by Gasteiger charge is 2.04. The molecule has 0 saturated heterocycles. The minimum absolute atomic E-state index is 0.127. The maximum Gasteiger partial charge on any atom is 0.126 e. The van der Waals surface area contributed by atoms with Crippen molar-refractivity contribution >= 4 is 17.8 Å². The number of hydrogen-bond donors (Lipinski definition) is 0. The largest absolute Gasteiger partial charge is 0.294 e. The van der Waals surface area contributed by atoms with Crippen molar-refractivity contribution in [1.82, 2.24) is 0 Å². The van der Waals surface area contributed by atoms with Gasteiger partial charge in [-0.25, -0.2) is 4.39 Å². The SMILES string of the molecule is C[C@H](Cc1ccccc1Cl)N=CCc1ccccc1F. The maximum atomic E-state index is 13.4. The van der Waals surface area contributed by atoms with Crippen LogP contribution in [0.2, 0.25) is 5.02 Å². The van der Waals surface area contributed by atoms with Gasteiger partial charge >= 0.3 is 0 Å². The second-order valence-electron chi connectivity index (χ2n) is 4.77. The van der Waals surface area contributed by atoms with Gasteiger partial charge in [-0.15, -0.1) is 0 Å². The van der Waals surface area contributed by atoms with Crippen molar-refractivity contribution in [2.45, 2.75) is 25.8 Å². The highest BCUT2D eigenvalue weighted by molar-refractivity contribution is 6.31. The molecule has 0 spiro atoms. The molecule has 0 saturated carbocycles. The first-order chi connectivity index (χ1) is 9.66. The molecule has 20 heavy (non-hydrogen) atoms. The average molecular weight is 290 g/mol. The molecule has 0 aliphatic rings. The van der Waals surface area contributed by atoms with Crippen LogP contribution in [0, 0.1) is 5.82 Å². The van der Waals surface area contributed by atoms with Crippen LogP contribution in [0.3, 0.4) is 0 Å². The zero-order chi connectivity index (χ0) is 14.4. The Bertz CT molecular complexity index is 595. The molecule has 1 nitrogen and oxygen atoms in total. The van der Waals surface area contributed by atoms with Crippen molar-refractivity contribution in [2.75, 3.05) is 0 Å². The Morgan fingerprint density at radius 3 is 2.45 bits per heavy atom. The quantitative estimate of drug-likeness (QED) is 0.706. The van der Waals surface area contributed by atoms with E-state index in [1.807, 2.05) is 37.3 Å². The summed E-state index contributed by atoms with van der Waals surface area (Å²) in [6.07, 6.45) is 3.08. The van der Waals surface area contributed by atoms with Crippen molar-refractivity contribution in [3.63, 3.8) is 0 Å². The lowest BCUT2D eigenvalue weighted by Crippen LogP contribution is -2.04. The molecule has 0 amide bonds. The van der Waals surface area contributed by atoms with E-state index in [1.165, 1.54) is 6.07 Å². The predicted octanol–water partition coefficient (Wildman–Crippen LogP) is 4.72. The predicted molar refractivity (Wildman–Crippen MR) is 83.2 cm³/mol. The molecule has 0 radical (unpaired) electrons. The number of halogens is 2. The number of hydrogen-bond acceptors (Lipinski definition) is 1. The molecule has 2 aromatic carbocycles. The number of aliphatic imine (C=N–C) groups is 1. The first-order valence-electron chi connectivity index (χ1n) is 6.65. The van der Waals surface area contributed by atoms with Crippen molar-refractivity contribution in [3.05, 3.63) is 70.5 Å². The Kier molecular flexibility index (Phi) is 5.31. The second-order valence-corrected chi connectivity index (χ2v) is 5.18. The van der Waals surface area contributed by atoms with E-state index in [1.54, 1.807) is 18.3 Å². The average Bonchev–Trinajstić information content (AvgIpc) is 2.43. The van der Waals surface area contributed by atoms with E-state index in [2.05, 4.69) is 4.99 Å². The molecular weight excluding hydrogens is 273 g/mol. The summed E-state index contributed by atoms with van der Waals surface area (Å²) in [6.45, 7) is 2.03. The third kappa shape index (κ3) is 4.17. The second kappa shape index (κ2) is 7.20. The van der Waals surface area contributed by atoms with Gasteiger partial charge in [-0.1, -0.05) is 48.0 Å². The van der Waals surface area contributed by atoms with E-state index < -0.39 is 0 Å². The van der Waals surface area contributed by atoms with E-state index >= 15 is 0 Å². The Labute approximate surface area is 124 Å². The molecular formula is C17H17ClFN. The fourth-order valence-electron chi connectivity index (χ4n) is 2.03. The zero-order valence-electron chi connectivity index (χ0n) is 11.4. The molecule has 104 valence electrons. The summed E-state index contributed by atoms with van der Waals surface area (Å²) in [4.78, 5) is 4.45. The first kappa shape index (κ1) is 14.7. The molecule has 0 fully saturated rings. The lowest BCUT2D eigenvalue weighted by Gasteiger charge is -2.08. The third-order valence-electron chi connectivity index (χ3n) is 3.10. The van der Waals surface area contributed by atoms with Gasteiger partial charge < -0.3 is 0 Å². The highest BCUT2D eigenvalue weighted by atomic mass is 35.5. The van der Waals surface area contributed by atoms with Crippen LogP contribution < -0.4 is 0 Å². The molecule has 0 aliphatic carbocycles. The fourth-order valence-corrected chi connectivity index (χ4v) is 2.24.